The van der Waals surface area contributed by atoms with Crippen molar-refractivity contribution in [2.75, 3.05) is 13.2 Å². The Morgan fingerprint density at radius 1 is 1.08 bits per heavy atom. The van der Waals surface area contributed by atoms with Gasteiger partial charge in [-0.25, -0.2) is 9.59 Å². The van der Waals surface area contributed by atoms with Crippen molar-refractivity contribution in [3.8, 4) is 0 Å². The molecule has 0 spiro atoms. The van der Waals surface area contributed by atoms with Crippen LogP contribution in [0.5, 0.6) is 0 Å². The normalized spacial score (nSPS) is 15.3. The number of aryl methyl sites for hydroxylation is 1. The highest BCUT2D eigenvalue weighted by atomic mass is 32.1. The van der Waals surface area contributed by atoms with Gasteiger partial charge in [-0.05, 0) is 29.1 Å². The van der Waals surface area contributed by atoms with Crippen LogP contribution in [0.15, 0.2) is 42.0 Å². The van der Waals surface area contributed by atoms with E-state index in [1.807, 2.05) is 23.9 Å². The van der Waals surface area contributed by atoms with Crippen LogP contribution in [0.2, 0.25) is 0 Å². The molecule has 1 unspecified atom stereocenters. The molecule has 1 aliphatic rings. The van der Waals surface area contributed by atoms with Crippen LogP contribution >= 0.6 is 11.3 Å². The summed E-state index contributed by atoms with van der Waals surface area (Å²) in [5.41, 5.74) is 3.42. The van der Waals surface area contributed by atoms with E-state index in [4.69, 9.17) is 24.5 Å². The SMILES string of the molecule is Cn1nnc2c1C(COCc1ccncc1)CN(Cc1cccs1)C2.O=C(O)C(F)(F)F.O=C(O)C(F)(F)F. The third-order valence-corrected chi connectivity index (χ3v) is 5.83. The Morgan fingerprint density at radius 3 is 2.18 bits per heavy atom. The minimum Gasteiger partial charge on any atom is -0.475 e. The fourth-order valence-electron chi connectivity index (χ4n) is 3.37. The highest BCUT2D eigenvalue weighted by Gasteiger charge is 2.39. The Labute approximate surface area is 221 Å². The van der Waals surface area contributed by atoms with Gasteiger partial charge in [0.05, 0.1) is 18.9 Å². The first-order valence-corrected chi connectivity index (χ1v) is 11.8. The second kappa shape index (κ2) is 14.0. The summed E-state index contributed by atoms with van der Waals surface area (Å²) in [6.07, 6.45) is -6.57. The topological polar surface area (TPSA) is 131 Å². The molecule has 0 aromatic carbocycles. The zero-order valence-electron chi connectivity index (χ0n) is 20.2. The van der Waals surface area contributed by atoms with Crippen molar-refractivity contribution in [2.45, 2.75) is 38.0 Å². The standard InChI is InChI=1S/C18H21N5OS.2C2HF3O2/c1-22-18-15(13-24-12-14-4-6-19-7-5-14)9-23(11-17(18)20-21-22)10-16-3-2-8-25-16;2*3-2(4,5)1(6)7/h2-8,15H,9-13H2,1H3;2*(H,6,7). The second-order valence-electron chi connectivity index (χ2n) is 7.97. The first-order valence-electron chi connectivity index (χ1n) is 10.9. The Bertz CT molecular complexity index is 1160. The highest BCUT2D eigenvalue weighted by molar-refractivity contribution is 7.09. The van der Waals surface area contributed by atoms with Crippen molar-refractivity contribution in [1.29, 1.82) is 0 Å². The van der Waals surface area contributed by atoms with Gasteiger partial charge in [-0.15, -0.1) is 16.4 Å². The number of hydrogen-bond donors (Lipinski definition) is 2. The third kappa shape index (κ3) is 10.6. The summed E-state index contributed by atoms with van der Waals surface area (Å²) in [6.45, 7) is 4.03. The molecule has 4 heterocycles. The van der Waals surface area contributed by atoms with Crippen LogP contribution in [0.25, 0.3) is 0 Å². The maximum Gasteiger partial charge on any atom is 0.490 e. The largest absolute Gasteiger partial charge is 0.490 e. The van der Waals surface area contributed by atoms with Gasteiger partial charge >= 0.3 is 24.3 Å². The van der Waals surface area contributed by atoms with Gasteiger partial charge in [-0.3, -0.25) is 14.6 Å². The van der Waals surface area contributed by atoms with Crippen molar-refractivity contribution >= 4 is 23.3 Å². The monoisotopic (exact) mass is 583 g/mol. The molecule has 0 radical (unpaired) electrons. The molecular weight excluding hydrogens is 560 g/mol. The molecular formula is C22H23F6N5O5S. The van der Waals surface area contributed by atoms with E-state index in [2.05, 4.69) is 37.7 Å². The molecule has 39 heavy (non-hydrogen) atoms. The molecule has 3 aromatic heterocycles. The molecule has 0 amide bonds. The summed E-state index contributed by atoms with van der Waals surface area (Å²) in [5, 5.41) is 25.0. The zero-order valence-corrected chi connectivity index (χ0v) is 21.0. The number of pyridine rings is 1. The number of thiophene rings is 1. The molecule has 0 aliphatic carbocycles. The van der Waals surface area contributed by atoms with Crippen LogP contribution in [0.4, 0.5) is 26.3 Å². The van der Waals surface area contributed by atoms with Crippen molar-refractivity contribution in [3.63, 3.8) is 0 Å². The summed E-state index contributed by atoms with van der Waals surface area (Å²) in [7, 11) is 1.97. The highest BCUT2D eigenvalue weighted by Crippen LogP contribution is 2.28. The van der Waals surface area contributed by atoms with Gasteiger partial charge in [0.15, 0.2) is 0 Å². The van der Waals surface area contributed by atoms with E-state index in [0.29, 0.717) is 13.2 Å². The molecule has 1 atom stereocenters. The molecule has 0 fully saturated rings. The van der Waals surface area contributed by atoms with Gasteiger partial charge in [-0.2, -0.15) is 26.3 Å². The predicted molar refractivity (Wildman–Crippen MR) is 123 cm³/mol. The second-order valence-corrected chi connectivity index (χ2v) is 9.00. The molecule has 2 N–H and O–H groups in total. The van der Waals surface area contributed by atoms with Gasteiger partial charge in [-0.1, -0.05) is 11.3 Å². The molecule has 0 saturated heterocycles. The van der Waals surface area contributed by atoms with E-state index in [1.165, 1.54) is 10.6 Å². The number of rotatable bonds is 6. The summed E-state index contributed by atoms with van der Waals surface area (Å²) >= 11 is 1.80. The fraction of sp³-hybridized carbons (Fsp3) is 0.409. The van der Waals surface area contributed by atoms with Gasteiger partial charge < -0.3 is 14.9 Å². The number of aromatic nitrogens is 4. The fourth-order valence-corrected chi connectivity index (χ4v) is 4.11. The molecule has 0 saturated carbocycles. The van der Waals surface area contributed by atoms with Crippen LogP contribution < -0.4 is 0 Å². The predicted octanol–water partition coefficient (Wildman–Crippen LogP) is 3.85. The first kappa shape index (κ1) is 31.6. The average Bonchev–Trinajstić information content (AvgIpc) is 3.49. The van der Waals surface area contributed by atoms with Gasteiger partial charge in [0.2, 0.25) is 0 Å². The number of nitrogens with zero attached hydrogens (tertiary/aromatic N) is 5. The van der Waals surface area contributed by atoms with Crippen molar-refractivity contribution in [1.82, 2.24) is 24.9 Å². The van der Waals surface area contributed by atoms with Gasteiger partial charge in [0, 0.05) is 49.9 Å². The summed E-state index contributed by atoms with van der Waals surface area (Å²) < 4.78 is 71.4. The number of carboxylic acids is 2. The van der Waals surface area contributed by atoms with Crippen LogP contribution in [-0.4, -0.2) is 72.5 Å². The summed E-state index contributed by atoms with van der Waals surface area (Å²) in [5.74, 6) is -5.23. The number of alkyl halides is 6. The first-order chi connectivity index (χ1) is 18.2. The number of hydrogen-bond acceptors (Lipinski definition) is 8. The smallest absolute Gasteiger partial charge is 0.475 e. The molecule has 17 heteroatoms. The summed E-state index contributed by atoms with van der Waals surface area (Å²) in [6, 6.07) is 8.26. The van der Waals surface area contributed by atoms with E-state index in [-0.39, 0.29) is 5.92 Å². The van der Waals surface area contributed by atoms with Crippen molar-refractivity contribution in [2.24, 2.45) is 7.05 Å². The summed E-state index contributed by atoms with van der Waals surface area (Å²) in [4.78, 5) is 25.6. The molecule has 1 aliphatic heterocycles. The molecule has 0 bridgehead atoms. The van der Waals surface area contributed by atoms with Crippen LogP contribution in [-0.2, 0) is 41.1 Å². The minimum atomic E-state index is -5.08. The Morgan fingerprint density at radius 2 is 1.67 bits per heavy atom. The Hall–Kier alpha value is -3.57. The quantitative estimate of drug-likeness (QED) is 0.416. The maximum atomic E-state index is 10.6. The lowest BCUT2D eigenvalue weighted by Gasteiger charge is -2.31. The van der Waals surface area contributed by atoms with Gasteiger partial charge in [0.1, 0.15) is 5.69 Å². The molecule has 4 rings (SSSR count). The van der Waals surface area contributed by atoms with Crippen LogP contribution in [0.3, 0.4) is 0 Å². The number of carboxylic acid groups (broad SMARTS) is 2. The van der Waals surface area contributed by atoms with Gasteiger partial charge in [0.25, 0.3) is 0 Å². The minimum absolute atomic E-state index is 0.283. The zero-order chi connectivity index (χ0) is 29.2. The maximum absolute atomic E-state index is 10.6. The Kier molecular flexibility index (Phi) is 11.4. The van der Waals surface area contributed by atoms with Crippen molar-refractivity contribution < 1.29 is 50.9 Å². The van der Waals surface area contributed by atoms with E-state index >= 15 is 0 Å². The lowest BCUT2D eigenvalue weighted by molar-refractivity contribution is -0.193. The average molecular weight is 584 g/mol. The van der Waals surface area contributed by atoms with E-state index in [1.54, 1.807) is 23.7 Å². The molecule has 214 valence electrons. The number of ether oxygens (including phenoxy) is 1. The number of fused-ring (bicyclic) bond motifs is 1. The van der Waals surface area contributed by atoms with E-state index in [9.17, 15) is 26.3 Å². The third-order valence-electron chi connectivity index (χ3n) is 4.96. The molecule has 3 aromatic rings. The number of halogens is 6. The number of carbonyl (C=O) groups is 2. The Balaban J connectivity index is 0.000000317. The molecule has 10 nitrogen and oxygen atoms in total. The van der Waals surface area contributed by atoms with Crippen LogP contribution in [0.1, 0.15) is 27.7 Å². The lowest BCUT2D eigenvalue weighted by atomic mass is 9.99. The van der Waals surface area contributed by atoms with E-state index < -0.39 is 24.3 Å². The van der Waals surface area contributed by atoms with E-state index in [0.717, 1.165) is 30.9 Å². The number of aliphatic carboxylic acids is 2. The van der Waals surface area contributed by atoms with Crippen LogP contribution in [0, 0.1) is 0 Å². The lowest BCUT2D eigenvalue weighted by Crippen LogP contribution is -2.35. The van der Waals surface area contributed by atoms with Crippen molar-refractivity contribution in [3.05, 3.63) is 63.9 Å².